The summed E-state index contributed by atoms with van der Waals surface area (Å²) in [5.74, 6) is 1.03. The van der Waals surface area contributed by atoms with Crippen LogP contribution >= 0.6 is 0 Å². The Morgan fingerprint density at radius 3 is 2.62 bits per heavy atom. The summed E-state index contributed by atoms with van der Waals surface area (Å²) in [5.41, 5.74) is 1.41. The molecule has 0 amide bonds. The summed E-state index contributed by atoms with van der Waals surface area (Å²) in [6.07, 6.45) is 11.8. The fourth-order valence-electron chi connectivity index (χ4n) is 3.69. The van der Waals surface area contributed by atoms with Gasteiger partial charge in [0.25, 0.3) is 0 Å². The van der Waals surface area contributed by atoms with E-state index in [1.54, 1.807) is 0 Å². The van der Waals surface area contributed by atoms with Crippen LogP contribution in [0, 0.1) is 16.7 Å². The lowest BCUT2D eigenvalue weighted by Gasteiger charge is -2.22. The molecule has 0 radical (unpaired) electrons. The van der Waals surface area contributed by atoms with Gasteiger partial charge in [-0.05, 0) is 68.2 Å². The maximum atomic E-state index is 3.73. The molecule has 0 heterocycles. The summed E-state index contributed by atoms with van der Waals surface area (Å²) in [6.45, 7) is 6.25. The Balaban J connectivity index is 1.51. The van der Waals surface area contributed by atoms with Crippen molar-refractivity contribution in [1.29, 1.82) is 0 Å². The zero-order valence-corrected chi connectivity index (χ0v) is 11.0. The van der Waals surface area contributed by atoms with Crippen LogP contribution < -0.4 is 5.32 Å². The summed E-state index contributed by atoms with van der Waals surface area (Å²) in [5, 5.41) is 3.73. The first-order valence-electron chi connectivity index (χ1n) is 7.33. The molecule has 3 saturated carbocycles. The molecule has 0 bridgehead atoms. The number of hydrogen-bond acceptors (Lipinski definition) is 1. The molecule has 1 N–H and O–H groups in total. The minimum atomic E-state index is 0.626. The fourth-order valence-corrected chi connectivity index (χ4v) is 3.69. The zero-order chi connectivity index (χ0) is 11.2. The Kier molecular flexibility index (Phi) is 2.58. The van der Waals surface area contributed by atoms with E-state index >= 15 is 0 Å². The van der Waals surface area contributed by atoms with Gasteiger partial charge in [-0.15, -0.1) is 0 Å². The first-order valence-corrected chi connectivity index (χ1v) is 7.33. The first kappa shape index (κ1) is 11.1. The molecule has 1 nitrogen and oxygen atoms in total. The highest BCUT2D eigenvalue weighted by Gasteiger charge is 2.53. The van der Waals surface area contributed by atoms with E-state index in [1.165, 1.54) is 57.9 Å². The maximum absolute atomic E-state index is 3.73. The lowest BCUT2D eigenvalue weighted by Crippen LogP contribution is -2.21. The summed E-state index contributed by atoms with van der Waals surface area (Å²) in [7, 11) is 0. The van der Waals surface area contributed by atoms with Gasteiger partial charge in [0, 0.05) is 6.04 Å². The average Bonchev–Trinajstić information content (AvgIpc) is 3.08. The number of rotatable bonds is 3. The van der Waals surface area contributed by atoms with Gasteiger partial charge in [0.1, 0.15) is 0 Å². The third kappa shape index (κ3) is 2.30. The van der Waals surface area contributed by atoms with Gasteiger partial charge in [0.05, 0.1) is 0 Å². The minimum Gasteiger partial charge on any atom is -0.314 e. The predicted octanol–water partition coefficient (Wildman–Crippen LogP) is 3.74. The number of hydrogen-bond donors (Lipinski definition) is 1. The highest BCUT2D eigenvalue weighted by Crippen LogP contribution is 2.62. The quantitative estimate of drug-likeness (QED) is 0.765. The van der Waals surface area contributed by atoms with Crippen LogP contribution in [0.1, 0.15) is 65.2 Å². The molecule has 0 aliphatic heterocycles. The summed E-state index contributed by atoms with van der Waals surface area (Å²) < 4.78 is 0. The van der Waals surface area contributed by atoms with Crippen molar-refractivity contribution in [2.45, 2.75) is 71.3 Å². The molecule has 1 spiro atoms. The van der Waals surface area contributed by atoms with Gasteiger partial charge in [-0.3, -0.25) is 0 Å². The second-order valence-electron chi connectivity index (χ2n) is 7.46. The topological polar surface area (TPSA) is 12.0 Å². The van der Waals surface area contributed by atoms with Gasteiger partial charge in [-0.25, -0.2) is 0 Å². The molecule has 0 aromatic heterocycles. The van der Waals surface area contributed by atoms with Crippen molar-refractivity contribution in [1.82, 2.24) is 5.32 Å². The van der Waals surface area contributed by atoms with E-state index in [0.29, 0.717) is 5.41 Å². The average molecular weight is 221 g/mol. The molecule has 3 rings (SSSR count). The maximum Gasteiger partial charge on any atom is 0.00683 e. The number of nitrogens with one attached hydrogen (secondary N) is 1. The molecule has 92 valence electrons. The van der Waals surface area contributed by atoms with Crippen molar-refractivity contribution in [2.75, 3.05) is 6.54 Å². The Morgan fingerprint density at radius 2 is 1.88 bits per heavy atom. The zero-order valence-electron chi connectivity index (χ0n) is 11.0. The molecule has 3 fully saturated rings. The molecule has 2 atom stereocenters. The smallest absolute Gasteiger partial charge is 0.00683 e. The highest BCUT2D eigenvalue weighted by molar-refractivity contribution is 5.05. The molecule has 2 unspecified atom stereocenters. The lowest BCUT2D eigenvalue weighted by molar-refractivity contribution is 0.299. The second kappa shape index (κ2) is 3.73. The molecule has 3 aliphatic carbocycles. The van der Waals surface area contributed by atoms with E-state index in [9.17, 15) is 0 Å². The Hall–Kier alpha value is -0.0400. The van der Waals surface area contributed by atoms with Gasteiger partial charge in [-0.1, -0.05) is 20.3 Å². The van der Waals surface area contributed by atoms with Crippen LogP contribution in [0.2, 0.25) is 0 Å². The molecular weight excluding hydrogens is 194 g/mol. The van der Waals surface area contributed by atoms with Crippen molar-refractivity contribution < 1.29 is 0 Å². The molecule has 0 saturated heterocycles. The van der Waals surface area contributed by atoms with E-state index in [-0.39, 0.29) is 0 Å². The molecule has 3 aliphatic rings. The van der Waals surface area contributed by atoms with E-state index in [4.69, 9.17) is 0 Å². The van der Waals surface area contributed by atoms with Crippen LogP contribution in [0.25, 0.3) is 0 Å². The van der Waals surface area contributed by atoms with Crippen molar-refractivity contribution in [3.8, 4) is 0 Å². The normalized spacial score (nSPS) is 42.0. The standard InChI is InChI=1S/C15H27N/c1-14(2)6-3-7-15(9-8-14)10-12(15)11-16-13-4-5-13/h12-13,16H,3-11H2,1-2H3. The first-order chi connectivity index (χ1) is 7.60. The van der Waals surface area contributed by atoms with Crippen molar-refractivity contribution >= 4 is 0 Å². The Labute approximate surface area is 100 Å². The van der Waals surface area contributed by atoms with Crippen LogP contribution in [-0.4, -0.2) is 12.6 Å². The van der Waals surface area contributed by atoms with E-state index in [0.717, 1.165) is 17.4 Å². The van der Waals surface area contributed by atoms with Crippen molar-refractivity contribution in [3.63, 3.8) is 0 Å². The highest BCUT2D eigenvalue weighted by atomic mass is 15.0. The summed E-state index contributed by atoms with van der Waals surface area (Å²) >= 11 is 0. The summed E-state index contributed by atoms with van der Waals surface area (Å²) in [4.78, 5) is 0. The van der Waals surface area contributed by atoms with Gasteiger partial charge in [-0.2, -0.15) is 0 Å². The molecule has 0 aromatic rings. The van der Waals surface area contributed by atoms with Crippen LogP contribution in [0.3, 0.4) is 0 Å². The molecule has 0 aromatic carbocycles. The van der Waals surface area contributed by atoms with Crippen LogP contribution in [0.5, 0.6) is 0 Å². The van der Waals surface area contributed by atoms with Gasteiger partial charge < -0.3 is 5.32 Å². The fraction of sp³-hybridized carbons (Fsp3) is 1.00. The van der Waals surface area contributed by atoms with E-state index in [2.05, 4.69) is 19.2 Å². The SMILES string of the molecule is CC1(C)CCCC2(CC1)CC2CNC1CC1. The van der Waals surface area contributed by atoms with Gasteiger partial charge >= 0.3 is 0 Å². The monoisotopic (exact) mass is 221 g/mol. The predicted molar refractivity (Wildman–Crippen MR) is 68.4 cm³/mol. The van der Waals surface area contributed by atoms with E-state index < -0.39 is 0 Å². The third-order valence-electron chi connectivity index (χ3n) is 5.42. The van der Waals surface area contributed by atoms with E-state index in [1.807, 2.05) is 0 Å². The molecule has 16 heavy (non-hydrogen) atoms. The van der Waals surface area contributed by atoms with Crippen LogP contribution in [-0.2, 0) is 0 Å². The minimum absolute atomic E-state index is 0.626. The molecule has 1 heteroatoms. The molecular formula is C15H27N. The van der Waals surface area contributed by atoms with Crippen LogP contribution in [0.4, 0.5) is 0 Å². The lowest BCUT2D eigenvalue weighted by atomic mass is 9.84. The largest absolute Gasteiger partial charge is 0.314 e. The van der Waals surface area contributed by atoms with Crippen LogP contribution in [0.15, 0.2) is 0 Å². The Morgan fingerprint density at radius 1 is 1.06 bits per heavy atom. The van der Waals surface area contributed by atoms with Crippen molar-refractivity contribution in [2.24, 2.45) is 16.7 Å². The van der Waals surface area contributed by atoms with Gasteiger partial charge in [0.15, 0.2) is 0 Å². The second-order valence-corrected chi connectivity index (χ2v) is 7.46. The van der Waals surface area contributed by atoms with Crippen molar-refractivity contribution in [3.05, 3.63) is 0 Å². The summed E-state index contributed by atoms with van der Waals surface area (Å²) in [6, 6.07) is 0.903. The third-order valence-corrected chi connectivity index (χ3v) is 5.42. The Bertz CT molecular complexity index is 267. The van der Waals surface area contributed by atoms with Gasteiger partial charge in [0.2, 0.25) is 0 Å².